The molecule has 5 heterocycles. The maximum absolute atomic E-state index is 13.1. The van der Waals surface area contributed by atoms with E-state index in [4.69, 9.17) is 16.3 Å². The normalized spacial score (nSPS) is 13.4. The van der Waals surface area contributed by atoms with E-state index in [1.807, 2.05) is 0 Å². The summed E-state index contributed by atoms with van der Waals surface area (Å²) in [5.41, 5.74) is 2.34. The first kappa shape index (κ1) is 32.0. The number of amides is 4. The third kappa shape index (κ3) is 7.84. The van der Waals surface area contributed by atoms with E-state index in [2.05, 4.69) is 26.2 Å². The lowest BCUT2D eigenvalue weighted by Crippen LogP contribution is -2.38. The Morgan fingerprint density at radius 3 is 1.76 bits per heavy atom. The van der Waals surface area contributed by atoms with Crippen LogP contribution >= 0.6 is 22.9 Å². The first-order valence-electron chi connectivity index (χ1n) is 14.3. The van der Waals surface area contributed by atoms with E-state index in [0.717, 1.165) is 39.3 Å². The Kier molecular flexibility index (Phi) is 10.1. The lowest BCUT2D eigenvalue weighted by Gasteiger charge is -2.26. The molecule has 4 aromatic heterocycles. The molecule has 0 saturated carbocycles. The minimum absolute atomic E-state index is 0.220. The lowest BCUT2D eigenvalue weighted by molar-refractivity contribution is 0.0374. The van der Waals surface area contributed by atoms with Crippen LogP contribution in [0, 0.1) is 0 Å². The number of carbonyl (C=O) groups is 4. The Hall–Kier alpha value is -4.37. The van der Waals surface area contributed by atoms with E-state index in [1.54, 1.807) is 83.1 Å². The van der Waals surface area contributed by atoms with Crippen molar-refractivity contribution in [2.24, 2.45) is 21.1 Å². The molecule has 13 nitrogen and oxygen atoms in total. The summed E-state index contributed by atoms with van der Waals surface area (Å²) in [6.07, 6.45) is 5.75. The number of halogens is 1. The van der Waals surface area contributed by atoms with Gasteiger partial charge in [0.25, 0.3) is 23.6 Å². The highest BCUT2D eigenvalue weighted by Crippen LogP contribution is 2.24. The summed E-state index contributed by atoms with van der Waals surface area (Å²) in [7, 11) is 5.12. The number of aryl methyl sites for hydroxylation is 3. The molecule has 0 radical (unpaired) electrons. The first-order chi connectivity index (χ1) is 21.6. The zero-order valence-electron chi connectivity index (χ0n) is 25.2. The third-order valence-corrected chi connectivity index (χ3v) is 8.69. The van der Waals surface area contributed by atoms with Crippen LogP contribution in [-0.2, 0) is 25.9 Å². The number of ether oxygens (including phenoxy) is 1. The molecule has 0 aliphatic carbocycles. The largest absolute Gasteiger partial charge is 0.379 e. The van der Waals surface area contributed by atoms with Gasteiger partial charge in [-0.1, -0.05) is 11.6 Å². The average molecular weight is 655 g/mol. The zero-order chi connectivity index (χ0) is 32.1. The highest BCUT2D eigenvalue weighted by molar-refractivity contribution is 7.12. The fourth-order valence-corrected chi connectivity index (χ4v) is 6.07. The topological polar surface area (TPSA) is 144 Å². The number of nitrogens with zero attached hydrogens (tertiary/aromatic N) is 4. The second kappa shape index (κ2) is 14.2. The van der Waals surface area contributed by atoms with Crippen LogP contribution in [0.4, 0.5) is 17.1 Å². The second-order valence-corrected chi connectivity index (χ2v) is 12.0. The number of thiophene rings is 1. The first-order valence-corrected chi connectivity index (χ1v) is 15.6. The Balaban J connectivity index is 1.15. The summed E-state index contributed by atoms with van der Waals surface area (Å²) in [5.74, 6) is -1.41. The van der Waals surface area contributed by atoms with Gasteiger partial charge >= 0.3 is 0 Å². The number of hydrogen-bond acceptors (Lipinski definition) is 7. The van der Waals surface area contributed by atoms with Crippen molar-refractivity contribution < 1.29 is 23.9 Å². The van der Waals surface area contributed by atoms with Crippen LogP contribution in [0.2, 0.25) is 5.02 Å². The monoisotopic (exact) mass is 654 g/mol. The van der Waals surface area contributed by atoms with Crippen molar-refractivity contribution in [3.63, 3.8) is 0 Å². The molecule has 0 bridgehead atoms. The van der Waals surface area contributed by atoms with E-state index >= 15 is 0 Å². The number of aromatic nitrogens is 3. The summed E-state index contributed by atoms with van der Waals surface area (Å²) in [6, 6.07) is 6.38. The predicted octanol–water partition coefficient (Wildman–Crippen LogP) is 3.63. The maximum atomic E-state index is 13.1. The molecule has 4 N–H and O–H groups in total. The second-order valence-electron chi connectivity index (χ2n) is 10.7. The molecule has 0 atom stereocenters. The molecule has 1 aliphatic heterocycles. The van der Waals surface area contributed by atoms with Gasteiger partial charge in [0.1, 0.15) is 22.0 Å². The average Bonchev–Trinajstić information content (AvgIpc) is 3.78. The molecule has 238 valence electrons. The molecule has 4 aromatic rings. The van der Waals surface area contributed by atoms with Crippen LogP contribution in [0.5, 0.6) is 0 Å². The van der Waals surface area contributed by atoms with Gasteiger partial charge in [-0.3, -0.25) is 24.1 Å². The van der Waals surface area contributed by atoms with Crippen LogP contribution in [0.1, 0.15) is 47.6 Å². The van der Waals surface area contributed by atoms with E-state index in [1.165, 1.54) is 11.3 Å². The van der Waals surface area contributed by atoms with E-state index in [9.17, 15) is 19.2 Å². The van der Waals surface area contributed by atoms with Crippen molar-refractivity contribution in [3.05, 3.63) is 75.2 Å². The highest BCUT2D eigenvalue weighted by atomic mass is 35.5. The minimum Gasteiger partial charge on any atom is -0.379 e. The summed E-state index contributed by atoms with van der Waals surface area (Å²) < 4.78 is 10.2. The zero-order valence-corrected chi connectivity index (χ0v) is 26.8. The van der Waals surface area contributed by atoms with Crippen LogP contribution in [0.3, 0.4) is 0 Å². The standard InChI is InChI=1S/C30H35ClN8O5S/c1-36-16-19(13-23(36)27(40)32-6-4-7-39-8-10-44-11-9-39)33-28(41)24-14-20(17-37(24)2)34-29(42)25-15-21(18-38(25)3)35-30(43)26-22(31)5-12-45-26/h5,12-18H,4,6-11H2,1-3H3,(H,32,40)(H,33,41)(H,34,42)(H,35,43). The Labute approximate surface area is 269 Å². The lowest BCUT2D eigenvalue weighted by atomic mass is 10.3. The number of nitrogens with one attached hydrogen (secondary N) is 4. The van der Waals surface area contributed by atoms with Gasteiger partial charge in [-0.05, 0) is 42.6 Å². The number of morpholine rings is 1. The molecule has 5 rings (SSSR count). The van der Waals surface area contributed by atoms with Gasteiger partial charge in [0.15, 0.2) is 0 Å². The molecule has 0 unspecified atom stereocenters. The van der Waals surface area contributed by atoms with Gasteiger partial charge in [0, 0.05) is 59.4 Å². The van der Waals surface area contributed by atoms with Gasteiger partial charge in [0.2, 0.25) is 0 Å². The summed E-state index contributed by atoms with van der Waals surface area (Å²) >= 11 is 7.28. The van der Waals surface area contributed by atoms with Gasteiger partial charge < -0.3 is 39.7 Å². The van der Waals surface area contributed by atoms with Crippen LogP contribution in [-0.4, -0.2) is 81.6 Å². The quantitative estimate of drug-likeness (QED) is 0.182. The number of rotatable bonds is 11. The summed E-state index contributed by atoms with van der Waals surface area (Å²) in [5, 5.41) is 13.4. The number of anilines is 3. The number of hydrogen-bond donors (Lipinski definition) is 4. The van der Waals surface area contributed by atoms with Crippen LogP contribution in [0.25, 0.3) is 0 Å². The fraction of sp³-hybridized carbons (Fsp3) is 0.333. The van der Waals surface area contributed by atoms with Crippen LogP contribution in [0.15, 0.2) is 48.2 Å². The Morgan fingerprint density at radius 1 is 0.778 bits per heavy atom. The van der Waals surface area contributed by atoms with E-state index in [-0.39, 0.29) is 11.8 Å². The molecular formula is C30H35ClN8O5S. The molecule has 1 aliphatic rings. The fourth-order valence-electron chi connectivity index (χ4n) is 5.03. The molecule has 45 heavy (non-hydrogen) atoms. The highest BCUT2D eigenvalue weighted by Gasteiger charge is 2.20. The molecule has 4 amide bonds. The SMILES string of the molecule is Cn1cc(NC(=O)c2cc(NC(=O)c3cc(NC(=O)c4sccc4Cl)cn3C)cn2C)cc1C(=O)NCCCN1CCOCC1. The minimum atomic E-state index is -0.423. The van der Waals surface area contributed by atoms with Crippen molar-refractivity contribution in [2.75, 3.05) is 55.3 Å². The smallest absolute Gasteiger partial charge is 0.272 e. The maximum Gasteiger partial charge on any atom is 0.272 e. The molecule has 0 spiro atoms. The molecule has 15 heteroatoms. The predicted molar refractivity (Wildman–Crippen MR) is 174 cm³/mol. The van der Waals surface area contributed by atoms with Gasteiger partial charge in [-0.2, -0.15) is 0 Å². The van der Waals surface area contributed by atoms with Crippen LogP contribution < -0.4 is 21.3 Å². The van der Waals surface area contributed by atoms with E-state index in [0.29, 0.717) is 50.6 Å². The van der Waals surface area contributed by atoms with E-state index < -0.39 is 11.8 Å². The van der Waals surface area contributed by atoms with Crippen molar-refractivity contribution in [1.82, 2.24) is 23.9 Å². The summed E-state index contributed by atoms with van der Waals surface area (Å²) in [4.78, 5) is 54.1. The van der Waals surface area contributed by atoms with Gasteiger partial charge in [-0.15, -0.1) is 11.3 Å². The van der Waals surface area contributed by atoms with Crippen molar-refractivity contribution in [1.29, 1.82) is 0 Å². The van der Waals surface area contributed by atoms with Gasteiger partial charge in [0.05, 0.1) is 35.3 Å². The molecule has 0 aromatic carbocycles. The molecular weight excluding hydrogens is 620 g/mol. The Bertz CT molecular complexity index is 1710. The van der Waals surface area contributed by atoms with Crippen molar-refractivity contribution in [3.8, 4) is 0 Å². The number of carbonyl (C=O) groups excluding carboxylic acids is 4. The molecule has 1 saturated heterocycles. The summed E-state index contributed by atoms with van der Waals surface area (Å²) in [6.45, 7) is 4.74. The van der Waals surface area contributed by atoms with Crippen molar-refractivity contribution in [2.45, 2.75) is 6.42 Å². The Morgan fingerprint density at radius 2 is 1.27 bits per heavy atom. The third-order valence-electron chi connectivity index (χ3n) is 7.35. The van der Waals surface area contributed by atoms with Gasteiger partial charge in [-0.25, -0.2) is 0 Å². The molecule has 1 fully saturated rings. The van der Waals surface area contributed by atoms with Crippen molar-refractivity contribution >= 4 is 63.6 Å².